The summed E-state index contributed by atoms with van der Waals surface area (Å²) in [5.74, 6) is -1.20. The van der Waals surface area contributed by atoms with Gasteiger partial charge in [0.15, 0.2) is 28.8 Å². The number of carbonyl (C=O) groups is 4. The van der Waals surface area contributed by atoms with Crippen molar-refractivity contribution in [2.45, 2.75) is 0 Å². The van der Waals surface area contributed by atoms with E-state index in [0.717, 1.165) is 53.4 Å². The molecule has 0 atom stereocenters. The van der Waals surface area contributed by atoms with E-state index >= 15 is 0 Å². The molecule has 0 spiro atoms. The number of aryl methyl sites for hydroxylation is 1. The fraction of sp³-hybridized carbons (Fsp3) is 0.0208. The third-order valence-corrected chi connectivity index (χ3v) is 12.0. The minimum absolute atomic E-state index is 0.0988. The molecule has 2 aliphatic carbocycles. The van der Waals surface area contributed by atoms with Crippen LogP contribution in [0.3, 0.4) is 0 Å². The van der Waals surface area contributed by atoms with Crippen LogP contribution in [0.5, 0.6) is 0 Å². The molecule has 0 saturated carbocycles. The molecule has 3 heterocycles. The van der Waals surface area contributed by atoms with Gasteiger partial charge in [0.25, 0.3) is 0 Å². The highest BCUT2D eigenvalue weighted by molar-refractivity contribution is 7.21. The monoisotopic (exact) mass is 741 g/mol. The largest absolute Gasteiger partial charge is 0.350 e. The van der Waals surface area contributed by atoms with Crippen molar-refractivity contribution < 1.29 is 19.2 Å². The van der Waals surface area contributed by atoms with Crippen molar-refractivity contribution in [2.24, 2.45) is 7.05 Å². The molecule has 3 aromatic heterocycles. The molecule has 56 heavy (non-hydrogen) atoms. The number of allylic oxidation sites excluding steroid dienone is 2. The molecular formula is C48H27N3O4S. The molecule has 0 radical (unpaired) electrons. The van der Waals surface area contributed by atoms with Gasteiger partial charge in [-0.3, -0.25) is 23.7 Å². The molecular weight excluding hydrogens is 715 g/mol. The summed E-state index contributed by atoms with van der Waals surface area (Å²) in [7, 11) is 1.93. The summed E-state index contributed by atoms with van der Waals surface area (Å²) in [6.45, 7) is 0. The molecule has 0 amide bonds. The van der Waals surface area contributed by atoms with E-state index in [1.165, 1.54) is 11.3 Å². The molecule has 0 unspecified atom stereocenters. The van der Waals surface area contributed by atoms with Crippen molar-refractivity contribution in [2.75, 3.05) is 0 Å². The number of hydrogen-bond acceptors (Lipinski definition) is 6. The number of thiazole rings is 1. The first-order chi connectivity index (χ1) is 27.3. The first-order valence-corrected chi connectivity index (χ1v) is 19.0. The van der Waals surface area contributed by atoms with Crippen LogP contribution in [-0.4, -0.2) is 37.3 Å². The summed E-state index contributed by atoms with van der Waals surface area (Å²) >= 11 is 1.54. The van der Waals surface area contributed by atoms with Crippen LogP contribution in [-0.2, 0) is 7.05 Å². The lowest BCUT2D eigenvalue weighted by atomic mass is 10.0. The van der Waals surface area contributed by atoms with Gasteiger partial charge in [-0.1, -0.05) is 78.9 Å². The van der Waals surface area contributed by atoms with Crippen molar-refractivity contribution in [1.29, 1.82) is 0 Å². The van der Waals surface area contributed by atoms with Crippen LogP contribution in [0.25, 0.3) is 71.2 Å². The Hall–Kier alpha value is -7.29. The van der Waals surface area contributed by atoms with Crippen molar-refractivity contribution in [1.82, 2.24) is 14.1 Å². The van der Waals surface area contributed by atoms with Crippen molar-refractivity contribution in [3.05, 3.63) is 178 Å². The molecule has 264 valence electrons. The van der Waals surface area contributed by atoms with E-state index < -0.39 is 0 Å². The van der Waals surface area contributed by atoms with Crippen molar-refractivity contribution in [3.8, 4) is 16.3 Å². The van der Waals surface area contributed by atoms with Gasteiger partial charge in [-0.2, -0.15) is 0 Å². The lowest BCUT2D eigenvalue weighted by Gasteiger charge is -2.09. The number of hydrogen-bond donors (Lipinski definition) is 0. The number of benzene rings is 6. The van der Waals surface area contributed by atoms with Gasteiger partial charge in [0, 0.05) is 63.2 Å². The number of nitrogens with zero attached hydrogens (tertiary/aromatic N) is 3. The third kappa shape index (κ3) is 4.73. The summed E-state index contributed by atoms with van der Waals surface area (Å²) in [4.78, 5) is 60.4. The Labute approximate surface area is 323 Å². The molecule has 8 heteroatoms. The van der Waals surface area contributed by atoms with Gasteiger partial charge in [-0.15, -0.1) is 11.3 Å². The van der Waals surface area contributed by atoms with E-state index in [-0.39, 0.29) is 34.3 Å². The Morgan fingerprint density at radius 1 is 0.571 bits per heavy atom. The van der Waals surface area contributed by atoms with E-state index in [1.54, 1.807) is 36.4 Å². The number of carbonyl (C=O) groups excluding carboxylic acids is 4. The smallest absolute Gasteiger partial charge is 0.197 e. The zero-order valence-corrected chi connectivity index (χ0v) is 30.6. The van der Waals surface area contributed by atoms with E-state index in [9.17, 15) is 19.2 Å². The van der Waals surface area contributed by atoms with Gasteiger partial charge in [0.2, 0.25) is 0 Å². The molecule has 7 nitrogen and oxygen atoms in total. The topological polar surface area (TPSA) is 91.0 Å². The second kappa shape index (κ2) is 11.9. The normalized spacial score (nSPS) is 13.9. The highest BCUT2D eigenvalue weighted by Gasteiger charge is 2.35. The van der Waals surface area contributed by atoms with Gasteiger partial charge in [0.05, 0.1) is 21.5 Å². The van der Waals surface area contributed by atoms with Gasteiger partial charge in [-0.25, -0.2) is 4.98 Å². The fourth-order valence-corrected chi connectivity index (χ4v) is 9.23. The fourth-order valence-electron chi connectivity index (χ4n) is 8.23. The third-order valence-electron chi connectivity index (χ3n) is 11.0. The Bertz CT molecular complexity index is 3230. The molecule has 2 aliphatic rings. The maximum Gasteiger partial charge on any atom is 0.197 e. The summed E-state index contributed by atoms with van der Waals surface area (Å²) in [6, 6.07) is 40.5. The molecule has 0 saturated heterocycles. The van der Waals surface area contributed by atoms with Crippen LogP contribution >= 0.6 is 11.3 Å². The Morgan fingerprint density at radius 2 is 1.09 bits per heavy atom. The van der Waals surface area contributed by atoms with Crippen LogP contribution in [0, 0.1) is 0 Å². The second-order valence-corrected chi connectivity index (χ2v) is 15.3. The molecule has 0 N–H and O–H groups in total. The molecule has 0 bridgehead atoms. The van der Waals surface area contributed by atoms with Crippen molar-refractivity contribution in [3.63, 3.8) is 0 Å². The van der Waals surface area contributed by atoms with E-state index in [4.69, 9.17) is 4.98 Å². The zero-order chi connectivity index (χ0) is 37.8. The minimum Gasteiger partial charge on any atom is -0.350 e. The molecule has 11 rings (SSSR count). The van der Waals surface area contributed by atoms with Crippen LogP contribution in [0.1, 0.15) is 52.7 Å². The van der Waals surface area contributed by atoms with Crippen LogP contribution in [0.15, 0.2) is 145 Å². The highest BCUT2D eigenvalue weighted by Crippen LogP contribution is 2.39. The predicted molar refractivity (Wildman–Crippen MR) is 222 cm³/mol. The van der Waals surface area contributed by atoms with Crippen LogP contribution < -0.4 is 0 Å². The molecule has 6 aromatic carbocycles. The Balaban J connectivity index is 1.07. The summed E-state index contributed by atoms with van der Waals surface area (Å²) in [6.07, 6.45) is 5.30. The van der Waals surface area contributed by atoms with Crippen LogP contribution in [0.2, 0.25) is 0 Å². The Morgan fingerprint density at radius 3 is 1.64 bits per heavy atom. The maximum absolute atomic E-state index is 13.9. The SMILES string of the molecule is Cn1cc(C=C2C(=O)c3cc4ccccc4cc3C2=O)c2cc(-n3c(C=C4C(=O)c5cc6ccccc6cc5C4=O)cc4sc(-c5ccccc5)nc43)ccc21. The first-order valence-electron chi connectivity index (χ1n) is 18.2. The highest BCUT2D eigenvalue weighted by atomic mass is 32.1. The maximum atomic E-state index is 13.9. The van der Waals surface area contributed by atoms with Gasteiger partial charge in [-0.05, 0) is 82.2 Å². The average molecular weight is 742 g/mol. The van der Waals surface area contributed by atoms with Gasteiger partial charge >= 0.3 is 0 Å². The standard InChI is InChI=1S/C48H27N3O4S/c1-50-25-31(21-39-43(52)35-17-27-11-5-6-12-28(27)18-36(35)44(39)53)34-22-32(15-16-41(34)50)51-33(24-42-47(51)49-48(56-42)26-9-3-2-4-10-26)23-40-45(54)37-19-29-13-7-8-14-30(29)20-38(37)46(40)55/h2-25H,1H3. The van der Waals surface area contributed by atoms with E-state index in [2.05, 4.69) is 0 Å². The number of Topliss-reactive ketones (excluding diaryl/α,β-unsaturated/α-hetero) is 4. The number of ketones is 4. The average Bonchev–Trinajstić information content (AvgIpc) is 3.98. The van der Waals surface area contributed by atoms with Crippen LogP contribution in [0.4, 0.5) is 0 Å². The Kier molecular flexibility index (Phi) is 6.81. The van der Waals surface area contributed by atoms with Gasteiger partial charge < -0.3 is 4.57 Å². The van der Waals surface area contributed by atoms with E-state index in [0.29, 0.717) is 39.2 Å². The summed E-state index contributed by atoms with van der Waals surface area (Å²) < 4.78 is 4.83. The molecule has 0 fully saturated rings. The molecule has 9 aromatic rings. The summed E-state index contributed by atoms with van der Waals surface area (Å²) in [5.41, 5.74) is 6.51. The van der Waals surface area contributed by atoms with Gasteiger partial charge in [0.1, 0.15) is 5.01 Å². The number of aromatic nitrogens is 3. The first kappa shape index (κ1) is 32.2. The number of rotatable bonds is 4. The predicted octanol–water partition coefficient (Wildman–Crippen LogP) is 10.5. The van der Waals surface area contributed by atoms with Crippen molar-refractivity contribution >= 4 is 89.4 Å². The lowest BCUT2D eigenvalue weighted by molar-refractivity contribution is 0.0975. The minimum atomic E-state index is -0.308. The zero-order valence-electron chi connectivity index (χ0n) is 29.7. The number of fused-ring (bicyclic) bond motifs is 6. The van der Waals surface area contributed by atoms with E-state index in [1.807, 2.05) is 126 Å². The summed E-state index contributed by atoms with van der Waals surface area (Å²) in [5, 5.41) is 5.27. The molecule has 0 aliphatic heterocycles. The second-order valence-electron chi connectivity index (χ2n) is 14.3. The lowest BCUT2D eigenvalue weighted by Crippen LogP contribution is -2.03. The quantitative estimate of drug-likeness (QED) is 0.132.